The van der Waals surface area contributed by atoms with Crippen LogP contribution in [0, 0.1) is 41.5 Å². The van der Waals surface area contributed by atoms with Crippen molar-refractivity contribution in [3.63, 3.8) is 0 Å². The Balaban J connectivity index is 1.26. The summed E-state index contributed by atoms with van der Waals surface area (Å²) < 4.78 is 55.3. The first-order valence-electron chi connectivity index (χ1n) is 24.1. The Hall–Kier alpha value is -8.62. The van der Waals surface area contributed by atoms with Gasteiger partial charge in [-0.15, -0.1) is 0 Å². The van der Waals surface area contributed by atoms with Crippen LogP contribution >= 0.6 is 0 Å². The molecular weight excluding hydrogens is 896 g/mol. The van der Waals surface area contributed by atoms with Crippen molar-refractivity contribution in [3.05, 3.63) is 221 Å². The molecule has 0 atom stereocenters. The molecule has 12 rings (SSSR count). The number of rotatable bonds is 7. The van der Waals surface area contributed by atoms with Crippen molar-refractivity contribution < 1.29 is 13.2 Å². The summed E-state index contributed by atoms with van der Waals surface area (Å²) >= 11 is 0. The average molecular weight is 944 g/mol. The van der Waals surface area contributed by atoms with Crippen LogP contribution in [0.5, 0.6) is 0 Å². The van der Waals surface area contributed by atoms with Gasteiger partial charge in [0.1, 0.15) is 17.2 Å². The van der Waals surface area contributed by atoms with Crippen molar-refractivity contribution in [1.82, 2.24) is 24.1 Å². The summed E-state index contributed by atoms with van der Waals surface area (Å²) in [5.41, 5.74) is 13.9. The molecular formula is C64H48F3N5. The van der Waals surface area contributed by atoms with Crippen LogP contribution in [0.1, 0.15) is 39.5 Å². The zero-order valence-corrected chi connectivity index (χ0v) is 40.7. The molecule has 0 aliphatic rings. The van der Waals surface area contributed by atoms with E-state index in [0.29, 0.717) is 39.3 Å². The van der Waals surface area contributed by atoms with Gasteiger partial charge in [-0.05, 0) is 122 Å². The highest BCUT2D eigenvalue weighted by atomic mass is 19.4. The maximum absolute atomic E-state index is 17.2. The fraction of sp³-hybridized carbons (Fsp3) is 0.109. The number of aromatic nitrogens is 5. The van der Waals surface area contributed by atoms with Gasteiger partial charge in [-0.1, -0.05) is 168 Å². The fourth-order valence-corrected chi connectivity index (χ4v) is 10.4. The Morgan fingerprint density at radius 3 is 0.833 bits per heavy atom. The largest absolute Gasteiger partial charge is 0.420 e. The van der Waals surface area contributed by atoms with Crippen molar-refractivity contribution >= 4 is 43.6 Å². The monoisotopic (exact) mass is 943 g/mol. The van der Waals surface area contributed by atoms with Crippen LogP contribution in [-0.4, -0.2) is 24.1 Å². The molecule has 0 aliphatic carbocycles. The lowest BCUT2D eigenvalue weighted by Gasteiger charge is -2.23. The van der Waals surface area contributed by atoms with Gasteiger partial charge in [0.2, 0.25) is 0 Å². The zero-order valence-electron chi connectivity index (χ0n) is 40.7. The first-order chi connectivity index (χ1) is 34.7. The Kier molecular flexibility index (Phi) is 10.6. The summed E-state index contributed by atoms with van der Waals surface area (Å²) in [7, 11) is 0. The van der Waals surface area contributed by atoms with Gasteiger partial charge >= 0.3 is 6.18 Å². The second-order valence-corrected chi connectivity index (χ2v) is 19.2. The number of aryl methyl sites for hydroxylation is 6. The Bertz CT molecular complexity index is 3650. The highest BCUT2D eigenvalue weighted by molar-refractivity contribution is 6.13. The van der Waals surface area contributed by atoms with Crippen LogP contribution < -0.4 is 0 Å². The molecule has 0 spiro atoms. The van der Waals surface area contributed by atoms with E-state index in [2.05, 4.69) is 126 Å². The lowest BCUT2D eigenvalue weighted by molar-refractivity contribution is -0.137. The highest BCUT2D eigenvalue weighted by Gasteiger charge is 2.40. The number of fused-ring (bicyclic) bond motifs is 6. The SMILES string of the molecule is Cc1ccc(-c2ccc3c4ccc(-c5ccc(C)cc5)cc4n(-c4cc(-c5nc(C)nc(C)n5)cc(-n5c6cc(-c7ccc(C)cc7)ccc6c6ccc(-c7ccc(C)cc7)cc65)c4C(F)(F)F)c3c2)cc1. The molecule has 12 aromatic rings. The quantitative estimate of drug-likeness (QED) is 0.160. The molecule has 0 fully saturated rings. The summed E-state index contributed by atoms with van der Waals surface area (Å²) in [5.74, 6) is 1.20. The average Bonchev–Trinajstić information content (AvgIpc) is 3.87. The van der Waals surface area contributed by atoms with Crippen molar-refractivity contribution in [2.75, 3.05) is 0 Å². The molecule has 9 aromatic carbocycles. The number of alkyl halides is 3. The summed E-state index contributed by atoms with van der Waals surface area (Å²) in [5, 5.41) is 3.30. The first-order valence-corrected chi connectivity index (χ1v) is 24.1. The van der Waals surface area contributed by atoms with E-state index in [1.54, 1.807) is 26.0 Å². The molecule has 0 unspecified atom stereocenters. The van der Waals surface area contributed by atoms with Crippen LogP contribution in [0.25, 0.3) is 111 Å². The molecule has 0 amide bonds. The van der Waals surface area contributed by atoms with Gasteiger partial charge in [-0.2, -0.15) is 13.2 Å². The van der Waals surface area contributed by atoms with Gasteiger partial charge in [0.05, 0.1) is 33.4 Å². The van der Waals surface area contributed by atoms with Crippen LogP contribution in [0.15, 0.2) is 182 Å². The van der Waals surface area contributed by atoms with E-state index in [-0.39, 0.29) is 17.2 Å². The lowest BCUT2D eigenvalue weighted by atomic mass is 10.0. The molecule has 8 heteroatoms. The van der Waals surface area contributed by atoms with E-state index in [9.17, 15) is 0 Å². The summed E-state index contributed by atoms with van der Waals surface area (Å²) in [6, 6.07) is 60.6. The maximum Gasteiger partial charge on any atom is 0.420 e. The molecule has 0 radical (unpaired) electrons. The molecule has 3 heterocycles. The predicted molar refractivity (Wildman–Crippen MR) is 289 cm³/mol. The lowest BCUT2D eigenvalue weighted by Crippen LogP contribution is -2.16. The zero-order chi connectivity index (χ0) is 49.6. The smallest absolute Gasteiger partial charge is 0.308 e. The summed E-state index contributed by atoms with van der Waals surface area (Å²) in [6.45, 7) is 11.7. The first kappa shape index (κ1) is 44.6. The van der Waals surface area contributed by atoms with Gasteiger partial charge in [0.25, 0.3) is 0 Å². The third-order valence-electron chi connectivity index (χ3n) is 14.1. The Labute approximate surface area is 415 Å². The Morgan fingerprint density at radius 2 is 0.569 bits per heavy atom. The second kappa shape index (κ2) is 17.1. The van der Waals surface area contributed by atoms with E-state index in [4.69, 9.17) is 9.97 Å². The topological polar surface area (TPSA) is 48.5 Å². The number of nitrogens with zero attached hydrogens (tertiary/aromatic N) is 5. The van der Waals surface area contributed by atoms with Gasteiger partial charge in [-0.3, -0.25) is 0 Å². The Morgan fingerprint density at radius 1 is 0.306 bits per heavy atom. The van der Waals surface area contributed by atoms with Crippen LogP contribution in [-0.2, 0) is 6.18 Å². The van der Waals surface area contributed by atoms with Crippen molar-refractivity contribution in [2.45, 2.75) is 47.7 Å². The minimum Gasteiger partial charge on any atom is -0.308 e. The van der Waals surface area contributed by atoms with E-state index in [1.165, 1.54) is 0 Å². The fourth-order valence-electron chi connectivity index (χ4n) is 10.4. The number of hydrogen-bond donors (Lipinski definition) is 0. The number of hydrogen-bond acceptors (Lipinski definition) is 3. The van der Waals surface area contributed by atoms with Crippen molar-refractivity contribution in [3.8, 4) is 67.3 Å². The van der Waals surface area contributed by atoms with Crippen LogP contribution in [0.4, 0.5) is 13.2 Å². The van der Waals surface area contributed by atoms with Gasteiger partial charge < -0.3 is 9.13 Å². The highest BCUT2D eigenvalue weighted by Crippen LogP contribution is 2.47. The molecule has 5 nitrogen and oxygen atoms in total. The molecule has 0 bridgehead atoms. The third kappa shape index (κ3) is 7.80. The molecule has 0 N–H and O–H groups in total. The van der Waals surface area contributed by atoms with Gasteiger partial charge in [-0.25, -0.2) is 15.0 Å². The van der Waals surface area contributed by atoms with E-state index < -0.39 is 11.7 Å². The predicted octanol–water partition coefficient (Wildman–Crippen LogP) is 17.3. The van der Waals surface area contributed by atoms with E-state index >= 15 is 13.2 Å². The second-order valence-electron chi connectivity index (χ2n) is 19.2. The normalized spacial score (nSPS) is 12.0. The number of benzene rings is 9. The number of halogens is 3. The van der Waals surface area contributed by atoms with Gasteiger partial charge in [0.15, 0.2) is 5.82 Å². The third-order valence-corrected chi connectivity index (χ3v) is 14.1. The minimum atomic E-state index is -4.88. The molecule has 0 saturated carbocycles. The summed E-state index contributed by atoms with van der Waals surface area (Å²) in [4.78, 5) is 14.1. The van der Waals surface area contributed by atoms with E-state index in [0.717, 1.165) is 88.3 Å². The van der Waals surface area contributed by atoms with Gasteiger partial charge in [0, 0.05) is 27.1 Å². The van der Waals surface area contributed by atoms with Crippen LogP contribution in [0.2, 0.25) is 0 Å². The minimum absolute atomic E-state index is 0.0489. The molecule has 0 saturated heterocycles. The van der Waals surface area contributed by atoms with Crippen LogP contribution in [0.3, 0.4) is 0 Å². The molecule has 3 aromatic heterocycles. The van der Waals surface area contributed by atoms with Crippen molar-refractivity contribution in [1.29, 1.82) is 0 Å². The van der Waals surface area contributed by atoms with E-state index in [1.807, 2.05) is 85.4 Å². The summed E-state index contributed by atoms with van der Waals surface area (Å²) in [6.07, 6.45) is -4.88. The van der Waals surface area contributed by atoms with Crippen molar-refractivity contribution in [2.24, 2.45) is 0 Å². The standard InChI is InChI=1S/C64H48F3N5/c1-37-7-15-43(16-8-37)47-23-27-52-53-28-24-48(44-17-9-38(2)10-18-44)32-57(53)71(56(52)31-47)60-35-51(63-69-41(5)68-42(6)70-63)36-61(62(60)64(65,66)67)72-58-33-49(45-19-11-39(3)12-20-45)25-29-54(58)55-30-26-50(34-59(55)72)46-21-13-40(4)14-22-46/h7-36H,1-6H3. The molecule has 72 heavy (non-hydrogen) atoms. The maximum atomic E-state index is 17.2. The molecule has 0 aliphatic heterocycles. The molecule has 350 valence electrons.